The molecule has 0 aliphatic rings. The van der Waals surface area contributed by atoms with Gasteiger partial charge in [-0.25, -0.2) is 0 Å². The van der Waals surface area contributed by atoms with Gasteiger partial charge in [-0.05, 0) is 24.7 Å². The number of hydrogen-bond donors (Lipinski definition) is 4. The van der Waals surface area contributed by atoms with Gasteiger partial charge in [0.15, 0.2) is 5.25 Å². The van der Waals surface area contributed by atoms with Crippen LogP contribution in [0.1, 0.15) is 86.9 Å². The largest absolute Gasteiger partial charge is 1.00 e. The Balaban J connectivity index is -0.000000109. The van der Waals surface area contributed by atoms with Crippen LogP contribution < -0.4 is 29.6 Å². The SMILES string of the molecule is CCCCC(CC)COC(=O)CC(C(=O)OCC(CC)CCCC)S(=O)(=O)O.O.O.O.O.OP(O)O.[H-].[Na+].[Ti]. The Morgan fingerprint density at radius 2 is 1.16 bits per heavy atom. The summed E-state index contributed by atoms with van der Waals surface area (Å²) in [6.45, 7) is 8.35. The molecule has 18 heteroatoms. The molecule has 0 fully saturated rings. The smallest absolute Gasteiger partial charge is 1.00 e. The molecule has 3 atom stereocenters. The third-order valence-corrected chi connectivity index (χ3v) is 6.08. The van der Waals surface area contributed by atoms with Gasteiger partial charge in [-0.15, -0.1) is 0 Å². The van der Waals surface area contributed by atoms with E-state index in [0.717, 1.165) is 51.4 Å². The van der Waals surface area contributed by atoms with E-state index in [1.165, 1.54) is 0 Å². The number of hydrogen-bond acceptors (Lipinski definition) is 9. The molecule has 38 heavy (non-hydrogen) atoms. The summed E-state index contributed by atoms with van der Waals surface area (Å²) in [7, 11) is -7.38. The number of ether oxygens (including phenoxy) is 2. The molecule has 0 aliphatic heterocycles. The fourth-order valence-corrected chi connectivity index (χ4v) is 3.48. The van der Waals surface area contributed by atoms with Gasteiger partial charge in [0.1, 0.15) is 0 Å². The van der Waals surface area contributed by atoms with E-state index < -0.39 is 42.3 Å². The molecule has 0 aromatic heterocycles. The van der Waals surface area contributed by atoms with Crippen LogP contribution >= 0.6 is 8.60 Å². The quantitative estimate of drug-likeness (QED) is 0.0575. The van der Waals surface area contributed by atoms with Crippen LogP contribution in [0.5, 0.6) is 0 Å². The Morgan fingerprint density at radius 1 is 0.816 bits per heavy atom. The summed E-state index contributed by atoms with van der Waals surface area (Å²) >= 11 is 0. The van der Waals surface area contributed by atoms with Gasteiger partial charge in [0.2, 0.25) is 0 Å². The van der Waals surface area contributed by atoms with Crippen LogP contribution in [0, 0.1) is 11.8 Å². The average Bonchev–Trinajstić information content (AvgIpc) is 2.70. The second kappa shape index (κ2) is 35.7. The zero-order valence-electron chi connectivity index (χ0n) is 24.1. The predicted octanol–water partition coefficient (Wildman–Crippen LogP) is -2.84. The molecule has 230 valence electrons. The Morgan fingerprint density at radius 3 is 1.45 bits per heavy atom. The van der Waals surface area contributed by atoms with Crippen LogP contribution in [0.2, 0.25) is 0 Å². The van der Waals surface area contributed by atoms with Gasteiger partial charge in [-0.3, -0.25) is 14.1 Å². The van der Waals surface area contributed by atoms with Crippen molar-refractivity contribution in [2.75, 3.05) is 13.2 Å². The summed E-state index contributed by atoms with van der Waals surface area (Å²) < 4.78 is 42.8. The molecular formula is C20H50NaO14PSTi. The predicted molar refractivity (Wildman–Crippen MR) is 138 cm³/mol. The molecule has 3 unspecified atom stereocenters. The first-order valence-corrected chi connectivity index (χ1v) is 13.8. The summed E-state index contributed by atoms with van der Waals surface area (Å²) in [5.74, 6) is -1.61. The third-order valence-electron chi connectivity index (χ3n) is 5.00. The molecule has 0 saturated heterocycles. The van der Waals surface area contributed by atoms with Crippen molar-refractivity contribution >= 4 is 30.7 Å². The van der Waals surface area contributed by atoms with Crippen molar-refractivity contribution < 1.29 is 121 Å². The van der Waals surface area contributed by atoms with E-state index in [9.17, 15) is 22.6 Å². The molecule has 0 saturated carbocycles. The molecule has 0 bridgehead atoms. The Labute approximate surface area is 266 Å². The monoisotopic (exact) mass is 648 g/mol. The minimum atomic E-state index is -4.76. The van der Waals surface area contributed by atoms with Crippen molar-refractivity contribution in [3.63, 3.8) is 0 Å². The van der Waals surface area contributed by atoms with Gasteiger partial charge >= 0.3 is 50.1 Å². The first-order chi connectivity index (χ1) is 14.9. The van der Waals surface area contributed by atoms with Gasteiger partial charge in [0.25, 0.3) is 10.1 Å². The number of rotatable bonds is 16. The van der Waals surface area contributed by atoms with Gasteiger partial charge in [0.05, 0.1) is 19.6 Å². The molecule has 0 aromatic rings. The number of carbonyl (C=O) groups is 2. The van der Waals surface area contributed by atoms with E-state index >= 15 is 0 Å². The summed E-state index contributed by atoms with van der Waals surface area (Å²) in [5, 5.41) is -1.95. The van der Waals surface area contributed by atoms with Crippen molar-refractivity contribution in [1.82, 2.24) is 0 Å². The number of carbonyl (C=O) groups excluding carboxylic acids is 2. The first kappa shape index (κ1) is 58.4. The maximum absolute atomic E-state index is 12.2. The second-order valence-corrected chi connectivity index (χ2v) is 9.76. The van der Waals surface area contributed by atoms with Crippen LogP contribution in [0.4, 0.5) is 0 Å². The van der Waals surface area contributed by atoms with Crippen LogP contribution in [-0.2, 0) is 50.9 Å². The van der Waals surface area contributed by atoms with E-state index in [1.54, 1.807) is 0 Å². The van der Waals surface area contributed by atoms with Crippen LogP contribution in [0.25, 0.3) is 0 Å². The molecule has 0 rings (SSSR count). The van der Waals surface area contributed by atoms with Crippen molar-refractivity contribution in [3.05, 3.63) is 0 Å². The molecule has 0 spiro atoms. The van der Waals surface area contributed by atoms with Crippen molar-refractivity contribution in [1.29, 1.82) is 0 Å². The van der Waals surface area contributed by atoms with Crippen LogP contribution in [0.15, 0.2) is 0 Å². The normalized spacial score (nSPS) is 11.9. The average molecular weight is 649 g/mol. The summed E-state index contributed by atoms with van der Waals surface area (Å²) in [6, 6.07) is 0. The summed E-state index contributed by atoms with van der Waals surface area (Å²) in [4.78, 5) is 45.9. The molecular weight excluding hydrogens is 598 g/mol. The maximum atomic E-state index is 12.2. The molecule has 0 amide bonds. The molecule has 0 aromatic carbocycles. The molecule has 0 heterocycles. The minimum Gasteiger partial charge on any atom is -1.00 e. The Kier molecular flexibility index (Phi) is 54.9. The standard InChI is InChI=1S/C20H38O7S.Na.H3O3P.4H2O.Ti.H/c1-5-9-11-16(7-3)14-26-19(21)13-18(28(23,24)25)20(22)27-15-17(8-4)12-10-6-2;;1-4(2)3;;;;;;/h16-18H,5-15H2,1-4H3,(H,23,24,25);;1-3H;4*1H2;;/q;+1;;;;;;;-1. The van der Waals surface area contributed by atoms with Gasteiger partial charge in [-0.1, -0.05) is 66.2 Å². The van der Waals surface area contributed by atoms with E-state index in [-0.39, 0.29) is 99.7 Å². The summed E-state index contributed by atoms with van der Waals surface area (Å²) in [5.41, 5.74) is 0. The fraction of sp³-hybridized carbons (Fsp3) is 0.900. The van der Waals surface area contributed by atoms with Crippen molar-refractivity contribution in [2.45, 2.75) is 90.7 Å². The zero-order valence-corrected chi connectivity index (χ0v) is 28.4. The Hall–Kier alpha value is 0.714. The molecule has 12 N–H and O–H groups in total. The van der Waals surface area contributed by atoms with Gasteiger partial charge in [0, 0.05) is 21.7 Å². The topological polar surface area (TPSA) is 294 Å². The number of esters is 2. The first-order valence-electron chi connectivity index (χ1n) is 11.1. The van der Waals surface area contributed by atoms with Crippen LogP contribution in [0.3, 0.4) is 0 Å². The molecule has 0 aliphatic carbocycles. The number of unbranched alkanes of at least 4 members (excludes halogenated alkanes) is 2. The van der Waals surface area contributed by atoms with Crippen molar-refractivity contribution in [2.24, 2.45) is 11.8 Å². The van der Waals surface area contributed by atoms with E-state index in [2.05, 4.69) is 13.8 Å². The summed E-state index contributed by atoms with van der Waals surface area (Å²) in [6.07, 6.45) is 6.74. The van der Waals surface area contributed by atoms with Crippen LogP contribution in [-0.4, -0.2) is 80.0 Å². The van der Waals surface area contributed by atoms with E-state index in [0.29, 0.717) is 0 Å². The molecule has 14 nitrogen and oxygen atoms in total. The zero-order chi connectivity index (χ0) is 25.2. The van der Waals surface area contributed by atoms with E-state index in [1.807, 2.05) is 13.8 Å². The maximum Gasteiger partial charge on any atom is 1.00 e. The Bertz CT molecular complexity index is 620. The van der Waals surface area contributed by atoms with Gasteiger partial charge < -0.3 is 47.5 Å². The minimum absolute atomic E-state index is 0. The van der Waals surface area contributed by atoms with E-state index in [4.69, 9.17) is 24.2 Å². The second-order valence-electron chi connectivity index (χ2n) is 7.62. The molecule has 0 radical (unpaired) electrons. The third kappa shape index (κ3) is 34.7. The van der Waals surface area contributed by atoms with Crippen molar-refractivity contribution in [3.8, 4) is 0 Å². The fourth-order valence-electron chi connectivity index (χ4n) is 2.82. The van der Waals surface area contributed by atoms with Gasteiger partial charge in [-0.2, -0.15) is 8.42 Å².